The minimum atomic E-state index is -3.48. The third-order valence-corrected chi connectivity index (χ3v) is 6.83. The Morgan fingerprint density at radius 1 is 1.05 bits per heavy atom. The molecule has 0 unspecified atom stereocenters. The van der Waals surface area contributed by atoms with Crippen LogP contribution in [0.25, 0.3) is 11.1 Å². The van der Waals surface area contributed by atoms with E-state index in [0.717, 1.165) is 11.8 Å². The molecule has 0 aliphatic carbocycles. The Bertz CT molecular complexity index is 1660. The summed E-state index contributed by atoms with van der Waals surface area (Å²) in [5.74, 6) is -0.663. The first-order valence-corrected chi connectivity index (χ1v) is 13.0. The number of hydrogen-bond donors (Lipinski definition) is 1. The number of benzene rings is 3. The predicted molar refractivity (Wildman–Crippen MR) is 138 cm³/mol. The number of carbonyl (C=O) groups excluding carboxylic acids is 1. The van der Waals surface area contributed by atoms with Crippen LogP contribution in [0.15, 0.2) is 77.8 Å². The summed E-state index contributed by atoms with van der Waals surface area (Å²) in [7, 11) is -3.48. The van der Waals surface area contributed by atoms with Crippen molar-refractivity contribution in [3.05, 3.63) is 101 Å². The molecule has 0 saturated carbocycles. The summed E-state index contributed by atoms with van der Waals surface area (Å²) in [6.45, 7) is 3.41. The van der Waals surface area contributed by atoms with Gasteiger partial charge in [0.25, 0.3) is 5.91 Å². The molecule has 0 fully saturated rings. The SMILES string of the molecule is Cc1cc(F)ccc1Oc1ncc(-c2ccc(C#N)cc2)c(C)c1C(=O)Nc1cccc(S(C)(=O)=O)c1. The van der Waals surface area contributed by atoms with E-state index in [1.165, 1.54) is 36.4 Å². The van der Waals surface area contributed by atoms with E-state index in [2.05, 4.69) is 16.4 Å². The van der Waals surface area contributed by atoms with E-state index >= 15 is 0 Å². The van der Waals surface area contributed by atoms with Crippen LogP contribution in [0.2, 0.25) is 0 Å². The van der Waals surface area contributed by atoms with Crippen molar-refractivity contribution in [2.75, 3.05) is 11.6 Å². The Morgan fingerprint density at radius 3 is 2.43 bits per heavy atom. The smallest absolute Gasteiger partial charge is 0.261 e. The number of nitriles is 1. The molecule has 1 heterocycles. The first-order chi connectivity index (χ1) is 17.6. The zero-order valence-corrected chi connectivity index (χ0v) is 21.1. The van der Waals surface area contributed by atoms with Crippen molar-refractivity contribution in [1.29, 1.82) is 5.26 Å². The largest absolute Gasteiger partial charge is 0.438 e. The number of rotatable bonds is 6. The molecule has 0 saturated heterocycles. The number of carbonyl (C=O) groups is 1. The number of sulfone groups is 1. The summed E-state index contributed by atoms with van der Waals surface area (Å²) in [5.41, 5.74) is 3.33. The highest BCUT2D eigenvalue weighted by molar-refractivity contribution is 7.90. The number of anilines is 1. The fourth-order valence-electron chi connectivity index (χ4n) is 3.77. The van der Waals surface area contributed by atoms with Crippen molar-refractivity contribution in [2.45, 2.75) is 18.7 Å². The monoisotopic (exact) mass is 515 g/mol. The molecule has 7 nitrogen and oxygen atoms in total. The number of halogens is 1. The average molecular weight is 516 g/mol. The molecule has 1 aromatic heterocycles. The van der Waals surface area contributed by atoms with Crippen LogP contribution in [0.5, 0.6) is 11.6 Å². The van der Waals surface area contributed by atoms with Crippen molar-refractivity contribution < 1.29 is 22.3 Å². The Balaban J connectivity index is 1.80. The molecule has 186 valence electrons. The first kappa shape index (κ1) is 25.5. The molecule has 4 rings (SSSR count). The summed E-state index contributed by atoms with van der Waals surface area (Å²) >= 11 is 0. The topological polar surface area (TPSA) is 109 Å². The molecule has 9 heteroatoms. The fraction of sp³-hybridized carbons (Fsp3) is 0.107. The number of pyridine rings is 1. The molecule has 0 aliphatic rings. The lowest BCUT2D eigenvalue weighted by Gasteiger charge is -2.17. The van der Waals surface area contributed by atoms with Gasteiger partial charge in [-0.3, -0.25) is 4.79 Å². The van der Waals surface area contributed by atoms with Gasteiger partial charge in [0.2, 0.25) is 5.88 Å². The lowest BCUT2D eigenvalue weighted by atomic mass is 9.97. The number of amides is 1. The van der Waals surface area contributed by atoms with E-state index in [1.807, 2.05) is 0 Å². The zero-order chi connectivity index (χ0) is 26.7. The number of ether oxygens (including phenoxy) is 1. The highest BCUT2D eigenvalue weighted by atomic mass is 32.2. The van der Waals surface area contributed by atoms with E-state index in [4.69, 9.17) is 10.00 Å². The molecular weight excluding hydrogens is 493 g/mol. The maximum absolute atomic E-state index is 13.6. The molecule has 37 heavy (non-hydrogen) atoms. The molecule has 0 radical (unpaired) electrons. The molecule has 4 aromatic rings. The number of aryl methyl sites for hydroxylation is 1. The molecule has 0 aliphatic heterocycles. The zero-order valence-electron chi connectivity index (χ0n) is 20.2. The third kappa shape index (κ3) is 5.66. The molecular formula is C28H22FN3O4S. The van der Waals surface area contributed by atoms with Gasteiger partial charge >= 0.3 is 0 Å². The summed E-state index contributed by atoms with van der Waals surface area (Å²) in [6.07, 6.45) is 2.64. The Morgan fingerprint density at radius 2 is 1.78 bits per heavy atom. The standard InChI is InChI=1S/C28H22FN3O4S/c1-17-13-21(29)11-12-25(17)36-28-26(27(33)32-22-5-4-6-23(14-22)37(3,34)35)18(2)24(16-31-28)20-9-7-19(15-30)8-10-20/h4-14,16H,1-3H3,(H,32,33). The van der Waals surface area contributed by atoms with Crippen LogP contribution in [0, 0.1) is 31.0 Å². The van der Waals surface area contributed by atoms with Gasteiger partial charge in [-0.05, 0) is 79.1 Å². The lowest BCUT2D eigenvalue weighted by molar-refractivity contribution is 0.102. The normalized spacial score (nSPS) is 11.0. The minimum absolute atomic E-state index is 0.00127. The molecule has 1 amide bonds. The van der Waals surface area contributed by atoms with Crippen molar-refractivity contribution in [3.8, 4) is 28.8 Å². The second-order valence-corrected chi connectivity index (χ2v) is 10.4. The second-order valence-electron chi connectivity index (χ2n) is 8.43. The van der Waals surface area contributed by atoms with Gasteiger partial charge in [0.1, 0.15) is 17.1 Å². The Kier molecular flexibility index (Phi) is 7.05. The van der Waals surface area contributed by atoms with E-state index in [0.29, 0.717) is 28.0 Å². The first-order valence-electron chi connectivity index (χ1n) is 11.1. The molecule has 1 N–H and O–H groups in total. The van der Waals surface area contributed by atoms with Gasteiger partial charge < -0.3 is 10.1 Å². The van der Waals surface area contributed by atoms with Crippen molar-refractivity contribution >= 4 is 21.4 Å². The van der Waals surface area contributed by atoms with Gasteiger partial charge in [-0.1, -0.05) is 18.2 Å². The van der Waals surface area contributed by atoms with Gasteiger partial charge in [-0.15, -0.1) is 0 Å². The Hall–Kier alpha value is -4.55. The summed E-state index contributed by atoms with van der Waals surface area (Å²) in [4.78, 5) is 18.0. The number of nitrogens with zero attached hydrogens (tertiary/aromatic N) is 2. The number of nitrogens with one attached hydrogen (secondary N) is 1. The van der Waals surface area contributed by atoms with Crippen molar-refractivity contribution in [1.82, 2.24) is 4.98 Å². The van der Waals surface area contributed by atoms with Crippen LogP contribution < -0.4 is 10.1 Å². The van der Waals surface area contributed by atoms with Gasteiger partial charge in [-0.25, -0.2) is 17.8 Å². The number of aromatic nitrogens is 1. The van der Waals surface area contributed by atoms with E-state index in [1.54, 1.807) is 50.4 Å². The maximum Gasteiger partial charge on any atom is 0.261 e. The summed E-state index contributed by atoms with van der Waals surface area (Å²) in [5, 5.41) is 11.8. The highest BCUT2D eigenvalue weighted by Gasteiger charge is 2.22. The van der Waals surface area contributed by atoms with Crippen LogP contribution in [0.1, 0.15) is 27.0 Å². The van der Waals surface area contributed by atoms with Gasteiger partial charge in [0.15, 0.2) is 9.84 Å². The number of hydrogen-bond acceptors (Lipinski definition) is 6. The maximum atomic E-state index is 13.6. The van der Waals surface area contributed by atoms with Crippen LogP contribution in [-0.2, 0) is 9.84 Å². The van der Waals surface area contributed by atoms with Crippen molar-refractivity contribution in [3.63, 3.8) is 0 Å². The fourth-order valence-corrected chi connectivity index (χ4v) is 4.44. The van der Waals surface area contributed by atoms with E-state index in [9.17, 15) is 17.6 Å². The van der Waals surface area contributed by atoms with E-state index in [-0.39, 0.29) is 22.0 Å². The van der Waals surface area contributed by atoms with Gasteiger partial charge in [0.05, 0.1) is 16.5 Å². The molecule has 0 bridgehead atoms. The summed E-state index contributed by atoms with van der Waals surface area (Å²) in [6, 6.07) is 18.8. The van der Waals surface area contributed by atoms with Gasteiger partial charge in [-0.2, -0.15) is 5.26 Å². The van der Waals surface area contributed by atoms with Crippen LogP contribution >= 0.6 is 0 Å². The lowest BCUT2D eigenvalue weighted by Crippen LogP contribution is -2.16. The molecule has 3 aromatic carbocycles. The van der Waals surface area contributed by atoms with Crippen molar-refractivity contribution in [2.24, 2.45) is 0 Å². The predicted octanol–water partition coefficient (Wildman–Crippen LogP) is 5.82. The van der Waals surface area contributed by atoms with Crippen LogP contribution in [0.3, 0.4) is 0 Å². The van der Waals surface area contributed by atoms with Crippen LogP contribution in [-0.4, -0.2) is 25.6 Å². The second kappa shape index (κ2) is 10.2. The third-order valence-electron chi connectivity index (χ3n) is 5.72. The molecule has 0 atom stereocenters. The Labute approximate surface area is 214 Å². The summed E-state index contributed by atoms with van der Waals surface area (Å²) < 4.78 is 43.5. The van der Waals surface area contributed by atoms with E-state index < -0.39 is 21.6 Å². The minimum Gasteiger partial charge on any atom is -0.438 e. The average Bonchev–Trinajstić information content (AvgIpc) is 2.85. The van der Waals surface area contributed by atoms with Gasteiger partial charge in [0, 0.05) is 23.7 Å². The van der Waals surface area contributed by atoms with Crippen LogP contribution in [0.4, 0.5) is 10.1 Å². The quantitative estimate of drug-likeness (QED) is 0.346. The molecule has 0 spiro atoms. The highest BCUT2D eigenvalue weighted by Crippen LogP contribution is 2.34.